The van der Waals surface area contributed by atoms with Gasteiger partial charge in [-0.15, -0.1) is 12.3 Å². The molecule has 1 unspecified atom stereocenters. The molecule has 11 heavy (non-hydrogen) atoms. The van der Waals surface area contributed by atoms with Crippen LogP contribution in [0.5, 0.6) is 0 Å². The van der Waals surface area contributed by atoms with E-state index in [9.17, 15) is 4.79 Å². The highest BCUT2D eigenvalue weighted by Gasteiger charge is 2.07. The summed E-state index contributed by atoms with van der Waals surface area (Å²) in [6.07, 6.45) is 6.26. The predicted octanol–water partition coefficient (Wildman–Crippen LogP) is 1.45. The molecule has 3 nitrogen and oxygen atoms in total. The summed E-state index contributed by atoms with van der Waals surface area (Å²) in [5.74, 6) is 2.43. The minimum Gasteiger partial charge on any atom is -0.465 e. The molecule has 0 heterocycles. The number of carboxylic acid groups (broad SMARTS) is 1. The molecule has 0 aromatic heterocycles. The van der Waals surface area contributed by atoms with Crippen molar-refractivity contribution in [2.24, 2.45) is 0 Å². The van der Waals surface area contributed by atoms with Crippen LogP contribution in [0.2, 0.25) is 0 Å². The van der Waals surface area contributed by atoms with Crippen molar-refractivity contribution in [3.63, 3.8) is 0 Å². The summed E-state index contributed by atoms with van der Waals surface area (Å²) in [5.41, 5.74) is 0. The van der Waals surface area contributed by atoms with Gasteiger partial charge in [-0.3, -0.25) is 0 Å². The Bertz CT molecular complexity index is 160. The summed E-state index contributed by atoms with van der Waals surface area (Å²) in [7, 11) is 0. The zero-order chi connectivity index (χ0) is 8.69. The van der Waals surface area contributed by atoms with Crippen LogP contribution >= 0.6 is 0 Å². The first-order valence-electron chi connectivity index (χ1n) is 3.63. The zero-order valence-corrected chi connectivity index (χ0v) is 6.63. The van der Waals surface area contributed by atoms with Crippen molar-refractivity contribution in [1.82, 2.24) is 5.32 Å². The van der Waals surface area contributed by atoms with Gasteiger partial charge in [-0.25, -0.2) is 4.79 Å². The van der Waals surface area contributed by atoms with Crippen molar-refractivity contribution in [3.05, 3.63) is 0 Å². The first kappa shape index (κ1) is 9.83. The van der Waals surface area contributed by atoms with Gasteiger partial charge in [-0.1, -0.05) is 13.3 Å². The van der Waals surface area contributed by atoms with Gasteiger partial charge in [0, 0.05) is 12.5 Å². The predicted molar refractivity (Wildman–Crippen MR) is 43.3 cm³/mol. The average Bonchev–Trinajstić information content (AvgIpc) is 1.87. The van der Waals surface area contributed by atoms with Crippen LogP contribution in [0.3, 0.4) is 0 Å². The Balaban J connectivity index is 3.70. The fourth-order valence-corrected chi connectivity index (χ4v) is 0.891. The molecule has 0 aromatic carbocycles. The van der Waals surface area contributed by atoms with E-state index >= 15 is 0 Å². The molecule has 0 fully saturated rings. The van der Waals surface area contributed by atoms with Crippen LogP contribution in [0.15, 0.2) is 0 Å². The number of amides is 1. The third-order valence-corrected chi connectivity index (χ3v) is 1.33. The number of terminal acetylenes is 1. The first-order valence-corrected chi connectivity index (χ1v) is 3.63. The number of rotatable bonds is 4. The second-order valence-corrected chi connectivity index (χ2v) is 2.34. The number of nitrogens with one attached hydrogen (secondary N) is 1. The van der Waals surface area contributed by atoms with Crippen molar-refractivity contribution in [1.29, 1.82) is 0 Å². The summed E-state index contributed by atoms with van der Waals surface area (Å²) < 4.78 is 0. The molecule has 0 saturated heterocycles. The van der Waals surface area contributed by atoms with Crippen molar-refractivity contribution in [2.45, 2.75) is 32.2 Å². The Morgan fingerprint density at radius 2 is 2.45 bits per heavy atom. The van der Waals surface area contributed by atoms with Gasteiger partial charge in [-0.05, 0) is 6.42 Å². The number of hydrogen-bond donors (Lipinski definition) is 2. The van der Waals surface area contributed by atoms with Gasteiger partial charge in [-0.2, -0.15) is 0 Å². The Labute approximate surface area is 66.8 Å². The number of hydrogen-bond acceptors (Lipinski definition) is 1. The highest BCUT2D eigenvalue weighted by atomic mass is 16.4. The quantitative estimate of drug-likeness (QED) is 0.603. The standard InChI is InChI=1S/C8H13NO2/c1-3-5-7(6-4-2)9-8(10)11/h1,7,9H,4-6H2,2H3,(H,10,11). The fraction of sp³-hybridized carbons (Fsp3) is 0.625. The van der Waals surface area contributed by atoms with Crippen LogP contribution in [0.4, 0.5) is 4.79 Å². The molecule has 0 aliphatic rings. The smallest absolute Gasteiger partial charge is 0.404 e. The van der Waals surface area contributed by atoms with E-state index in [2.05, 4.69) is 11.2 Å². The largest absolute Gasteiger partial charge is 0.465 e. The monoisotopic (exact) mass is 155 g/mol. The Hall–Kier alpha value is -1.17. The molecule has 1 atom stereocenters. The van der Waals surface area contributed by atoms with Gasteiger partial charge in [0.05, 0.1) is 0 Å². The molecule has 1 amide bonds. The van der Waals surface area contributed by atoms with Crippen molar-refractivity contribution in [3.8, 4) is 12.3 Å². The third-order valence-electron chi connectivity index (χ3n) is 1.33. The van der Waals surface area contributed by atoms with Gasteiger partial charge in [0.25, 0.3) is 0 Å². The van der Waals surface area contributed by atoms with Gasteiger partial charge in [0.1, 0.15) is 0 Å². The lowest BCUT2D eigenvalue weighted by atomic mass is 10.1. The van der Waals surface area contributed by atoms with E-state index in [1.165, 1.54) is 0 Å². The topological polar surface area (TPSA) is 49.3 Å². The summed E-state index contributed by atoms with van der Waals surface area (Å²) >= 11 is 0. The Kier molecular flexibility index (Phi) is 5.01. The molecule has 2 N–H and O–H groups in total. The van der Waals surface area contributed by atoms with E-state index in [1.807, 2.05) is 6.92 Å². The average molecular weight is 155 g/mol. The summed E-state index contributed by atoms with van der Waals surface area (Å²) in [5, 5.41) is 10.7. The molecule has 0 rings (SSSR count). The molecule has 0 aromatic rings. The Morgan fingerprint density at radius 1 is 1.82 bits per heavy atom. The van der Waals surface area contributed by atoms with E-state index in [4.69, 9.17) is 11.5 Å². The maximum Gasteiger partial charge on any atom is 0.404 e. The van der Waals surface area contributed by atoms with Gasteiger partial charge < -0.3 is 10.4 Å². The van der Waals surface area contributed by atoms with Crippen LogP contribution in [0.1, 0.15) is 26.2 Å². The van der Waals surface area contributed by atoms with Crippen LogP contribution in [0, 0.1) is 12.3 Å². The second kappa shape index (κ2) is 5.60. The first-order chi connectivity index (χ1) is 5.20. The van der Waals surface area contributed by atoms with E-state index in [0.717, 1.165) is 12.8 Å². The molecule has 0 aliphatic heterocycles. The van der Waals surface area contributed by atoms with E-state index in [0.29, 0.717) is 6.42 Å². The third kappa shape index (κ3) is 5.28. The SMILES string of the molecule is C#CCC(CCC)NC(=O)O. The van der Waals surface area contributed by atoms with Crippen molar-refractivity contribution in [2.75, 3.05) is 0 Å². The fourth-order valence-electron chi connectivity index (χ4n) is 0.891. The van der Waals surface area contributed by atoms with Gasteiger partial charge in [0.2, 0.25) is 0 Å². The molecule has 3 heteroatoms. The van der Waals surface area contributed by atoms with Crippen molar-refractivity contribution < 1.29 is 9.90 Å². The lowest BCUT2D eigenvalue weighted by Crippen LogP contribution is -2.33. The molecular formula is C8H13NO2. The molecule has 0 spiro atoms. The molecular weight excluding hydrogens is 142 g/mol. The second-order valence-electron chi connectivity index (χ2n) is 2.34. The van der Waals surface area contributed by atoms with Crippen LogP contribution in [0.25, 0.3) is 0 Å². The molecule has 0 saturated carbocycles. The number of carbonyl (C=O) groups is 1. The lowest BCUT2D eigenvalue weighted by Gasteiger charge is -2.11. The zero-order valence-electron chi connectivity index (χ0n) is 6.63. The molecule has 62 valence electrons. The van der Waals surface area contributed by atoms with Crippen LogP contribution in [-0.4, -0.2) is 17.2 Å². The minimum atomic E-state index is -1.00. The highest BCUT2D eigenvalue weighted by Crippen LogP contribution is 1.99. The molecule has 0 bridgehead atoms. The van der Waals surface area contributed by atoms with E-state index < -0.39 is 6.09 Å². The van der Waals surface area contributed by atoms with Gasteiger partial charge in [0.15, 0.2) is 0 Å². The molecule has 0 aliphatic carbocycles. The molecule has 0 radical (unpaired) electrons. The summed E-state index contributed by atoms with van der Waals surface area (Å²) in [6.45, 7) is 1.99. The minimum absolute atomic E-state index is 0.0810. The van der Waals surface area contributed by atoms with Gasteiger partial charge >= 0.3 is 6.09 Å². The normalized spacial score (nSPS) is 11.6. The van der Waals surface area contributed by atoms with Crippen LogP contribution < -0.4 is 5.32 Å². The Morgan fingerprint density at radius 3 is 2.82 bits per heavy atom. The van der Waals surface area contributed by atoms with E-state index in [1.54, 1.807) is 0 Å². The summed E-state index contributed by atoms with van der Waals surface area (Å²) in [6, 6.07) is -0.0810. The maximum absolute atomic E-state index is 10.2. The lowest BCUT2D eigenvalue weighted by molar-refractivity contribution is 0.189. The maximum atomic E-state index is 10.2. The highest BCUT2D eigenvalue weighted by molar-refractivity contribution is 5.64. The van der Waals surface area contributed by atoms with Crippen LogP contribution in [-0.2, 0) is 0 Å². The van der Waals surface area contributed by atoms with Crippen molar-refractivity contribution >= 4 is 6.09 Å². The van der Waals surface area contributed by atoms with E-state index in [-0.39, 0.29) is 6.04 Å². The summed E-state index contributed by atoms with van der Waals surface area (Å²) in [4.78, 5) is 10.2.